The number of nitrogens with one attached hydrogen (secondary N) is 2. The van der Waals surface area contributed by atoms with Crippen molar-refractivity contribution < 1.29 is 17.9 Å². The lowest BCUT2D eigenvalue weighted by Crippen LogP contribution is -2.45. The second-order valence-electron chi connectivity index (χ2n) is 7.25. The van der Waals surface area contributed by atoms with Gasteiger partial charge in [-0.25, -0.2) is 4.99 Å². The Hall–Kier alpha value is -1.07. The van der Waals surface area contributed by atoms with Gasteiger partial charge in [-0.3, -0.25) is 4.90 Å². The van der Waals surface area contributed by atoms with Crippen molar-refractivity contribution in [2.24, 2.45) is 4.99 Å². The van der Waals surface area contributed by atoms with Crippen molar-refractivity contribution in [3.05, 3.63) is 35.4 Å². The molecule has 1 aliphatic rings. The molecule has 0 saturated heterocycles. The molecular formula is C20H32F3IN4O. The Morgan fingerprint density at radius 3 is 2.38 bits per heavy atom. The third-order valence-electron chi connectivity index (χ3n) is 4.70. The summed E-state index contributed by atoms with van der Waals surface area (Å²) < 4.78 is 41.0. The Morgan fingerprint density at radius 2 is 1.83 bits per heavy atom. The van der Waals surface area contributed by atoms with Gasteiger partial charge in [-0.2, -0.15) is 13.2 Å². The highest BCUT2D eigenvalue weighted by Crippen LogP contribution is 2.26. The molecule has 166 valence electrons. The summed E-state index contributed by atoms with van der Waals surface area (Å²) in [4.78, 5) is 6.99. The zero-order chi connectivity index (χ0) is 20.6. The first-order valence-electron chi connectivity index (χ1n) is 9.75. The minimum absolute atomic E-state index is 0. The molecule has 1 aromatic carbocycles. The number of hydrogen-bond acceptors (Lipinski definition) is 3. The number of hydrogen-bond donors (Lipinski definition) is 2. The summed E-state index contributed by atoms with van der Waals surface area (Å²) >= 11 is 0. The van der Waals surface area contributed by atoms with Crippen LogP contribution in [-0.2, 0) is 17.9 Å². The molecular weight excluding hydrogens is 496 g/mol. The van der Waals surface area contributed by atoms with E-state index in [4.69, 9.17) is 0 Å². The van der Waals surface area contributed by atoms with E-state index in [1.165, 1.54) is 12.8 Å². The molecule has 1 aliphatic carbocycles. The van der Waals surface area contributed by atoms with E-state index in [0.29, 0.717) is 18.2 Å². The van der Waals surface area contributed by atoms with E-state index in [1.54, 1.807) is 12.1 Å². The van der Waals surface area contributed by atoms with Crippen LogP contribution in [0.3, 0.4) is 0 Å². The summed E-state index contributed by atoms with van der Waals surface area (Å²) in [5.41, 5.74) is 1.69. The molecule has 0 radical (unpaired) electrons. The maximum absolute atomic E-state index is 12.1. The SMILES string of the molecule is CCNC(=NCc1ccc(COCC(F)(F)F)cc1)NCC(C)N(C)C1CC1.I. The monoisotopic (exact) mass is 528 g/mol. The Kier molecular flexibility index (Phi) is 11.3. The molecule has 9 heteroatoms. The first kappa shape index (κ1) is 26.0. The summed E-state index contributed by atoms with van der Waals surface area (Å²) in [5.74, 6) is 0.760. The molecule has 0 bridgehead atoms. The number of likely N-dealkylation sites (N-methyl/N-ethyl adjacent to an activating group) is 1. The molecule has 2 N–H and O–H groups in total. The summed E-state index contributed by atoms with van der Waals surface area (Å²) in [5, 5.41) is 6.62. The van der Waals surface area contributed by atoms with Crippen molar-refractivity contribution >= 4 is 29.9 Å². The summed E-state index contributed by atoms with van der Waals surface area (Å²) in [6.45, 7) is 5.01. The van der Waals surface area contributed by atoms with Crippen molar-refractivity contribution in [3.8, 4) is 0 Å². The highest BCUT2D eigenvalue weighted by atomic mass is 127. The first-order chi connectivity index (χ1) is 13.3. The quantitative estimate of drug-likeness (QED) is 0.275. The van der Waals surface area contributed by atoms with Crippen LogP contribution in [0, 0.1) is 0 Å². The topological polar surface area (TPSA) is 48.9 Å². The summed E-state index contributed by atoms with van der Waals surface area (Å²) in [7, 11) is 2.16. The third-order valence-corrected chi connectivity index (χ3v) is 4.70. The standard InChI is InChI=1S/C20H31F3N4O.HI/c1-4-24-19(25-11-15(2)27(3)18-9-10-18)26-12-16-5-7-17(8-6-16)13-28-14-20(21,22)23;/h5-8,15,18H,4,9-14H2,1-3H3,(H2,24,25,26);1H. The van der Waals surface area contributed by atoms with Crippen molar-refractivity contribution in [1.29, 1.82) is 0 Å². The lowest BCUT2D eigenvalue weighted by Gasteiger charge is -2.25. The van der Waals surface area contributed by atoms with E-state index in [2.05, 4.69) is 39.2 Å². The fraction of sp³-hybridized carbons (Fsp3) is 0.650. The van der Waals surface area contributed by atoms with Crippen LogP contribution in [0.1, 0.15) is 37.8 Å². The zero-order valence-corrected chi connectivity index (χ0v) is 19.6. The second kappa shape index (κ2) is 12.6. The van der Waals surface area contributed by atoms with E-state index in [1.807, 2.05) is 19.1 Å². The minimum atomic E-state index is -4.30. The average Bonchev–Trinajstić information content (AvgIpc) is 3.48. The fourth-order valence-corrected chi connectivity index (χ4v) is 2.77. The number of alkyl halides is 3. The minimum Gasteiger partial charge on any atom is -0.367 e. The van der Waals surface area contributed by atoms with E-state index >= 15 is 0 Å². The smallest absolute Gasteiger partial charge is 0.367 e. The van der Waals surface area contributed by atoms with Gasteiger partial charge in [-0.1, -0.05) is 24.3 Å². The van der Waals surface area contributed by atoms with E-state index < -0.39 is 12.8 Å². The van der Waals surface area contributed by atoms with Crippen molar-refractivity contribution in [1.82, 2.24) is 15.5 Å². The van der Waals surface area contributed by atoms with Crippen LogP contribution < -0.4 is 10.6 Å². The number of aliphatic imine (C=N–C) groups is 1. The molecule has 0 aromatic heterocycles. The molecule has 0 heterocycles. The van der Waals surface area contributed by atoms with Gasteiger partial charge in [-0.05, 0) is 44.9 Å². The van der Waals surface area contributed by atoms with Gasteiger partial charge in [0.05, 0.1) is 13.2 Å². The molecule has 0 aliphatic heterocycles. The predicted octanol–water partition coefficient (Wildman–Crippen LogP) is 3.92. The van der Waals surface area contributed by atoms with Crippen molar-refractivity contribution in [2.75, 3.05) is 26.7 Å². The van der Waals surface area contributed by atoms with Gasteiger partial charge in [0.1, 0.15) is 6.61 Å². The Bertz CT molecular complexity index is 621. The maximum atomic E-state index is 12.1. The molecule has 29 heavy (non-hydrogen) atoms. The highest BCUT2D eigenvalue weighted by Gasteiger charge is 2.29. The first-order valence-corrected chi connectivity index (χ1v) is 9.75. The van der Waals surface area contributed by atoms with Gasteiger partial charge in [0.15, 0.2) is 5.96 Å². The van der Waals surface area contributed by atoms with Gasteiger partial charge in [-0.15, -0.1) is 24.0 Å². The molecule has 2 rings (SSSR count). The van der Waals surface area contributed by atoms with Crippen LogP contribution in [0.2, 0.25) is 0 Å². The van der Waals surface area contributed by atoms with Gasteiger partial charge < -0.3 is 15.4 Å². The largest absolute Gasteiger partial charge is 0.411 e. The van der Waals surface area contributed by atoms with Gasteiger partial charge in [0.25, 0.3) is 0 Å². The average molecular weight is 528 g/mol. The van der Waals surface area contributed by atoms with Crippen LogP contribution in [-0.4, -0.2) is 55.9 Å². The van der Waals surface area contributed by atoms with Gasteiger partial charge in [0.2, 0.25) is 0 Å². The highest BCUT2D eigenvalue weighted by molar-refractivity contribution is 14.0. The number of guanidine groups is 1. The van der Waals surface area contributed by atoms with E-state index in [9.17, 15) is 13.2 Å². The van der Waals surface area contributed by atoms with Gasteiger partial charge in [0, 0.05) is 25.2 Å². The number of halogens is 4. The fourth-order valence-electron chi connectivity index (χ4n) is 2.77. The number of ether oxygens (including phenoxy) is 1. The lowest BCUT2D eigenvalue weighted by molar-refractivity contribution is -0.176. The molecule has 1 aromatic rings. The van der Waals surface area contributed by atoms with Crippen LogP contribution in [0.15, 0.2) is 29.3 Å². The number of benzene rings is 1. The van der Waals surface area contributed by atoms with Crippen molar-refractivity contribution in [2.45, 2.75) is 58.1 Å². The Labute approximate surface area is 188 Å². The molecule has 1 saturated carbocycles. The third kappa shape index (κ3) is 10.5. The van der Waals surface area contributed by atoms with Crippen LogP contribution in [0.25, 0.3) is 0 Å². The van der Waals surface area contributed by atoms with E-state index in [0.717, 1.165) is 30.7 Å². The lowest BCUT2D eigenvalue weighted by atomic mass is 10.1. The van der Waals surface area contributed by atoms with E-state index in [-0.39, 0.29) is 30.6 Å². The molecule has 1 unspecified atom stereocenters. The predicted molar refractivity (Wildman–Crippen MR) is 121 cm³/mol. The van der Waals surface area contributed by atoms with Crippen LogP contribution >= 0.6 is 24.0 Å². The Balaban J connectivity index is 0.00000420. The molecule has 1 atom stereocenters. The molecule has 5 nitrogen and oxygen atoms in total. The zero-order valence-electron chi connectivity index (χ0n) is 17.3. The summed E-state index contributed by atoms with van der Waals surface area (Å²) in [6.07, 6.45) is -1.73. The second-order valence-corrected chi connectivity index (χ2v) is 7.25. The number of rotatable bonds is 10. The normalized spacial score (nSPS) is 15.8. The maximum Gasteiger partial charge on any atom is 0.411 e. The van der Waals surface area contributed by atoms with Crippen LogP contribution in [0.5, 0.6) is 0 Å². The van der Waals surface area contributed by atoms with Crippen molar-refractivity contribution in [3.63, 3.8) is 0 Å². The molecule has 0 amide bonds. The number of nitrogens with zero attached hydrogens (tertiary/aromatic N) is 2. The molecule has 1 fully saturated rings. The molecule has 0 spiro atoms. The Morgan fingerprint density at radius 1 is 1.21 bits per heavy atom. The van der Waals surface area contributed by atoms with Crippen LogP contribution in [0.4, 0.5) is 13.2 Å². The van der Waals surface area contributed by atoms with Gasteiger partial charge >= 0.3 is 6.18 Å². The summed E-state index contributed by atoms with van der Waals surface area (Å²) in [6, 6.07) is 8.41.